The average molecular weight is 354 g/mol. The number of nitrogens with one attached hydrogen (secondary N) is 1. The van der Waals surface area contributed by atoms with E-state index in [0.29, 0.717) is 11.6 Å². The molecule has 0 aliphatic carbocycles. The van der Waals surface area contributed by atoms with Crippen LogP contribution in [-0.2, 0) is 19.5 Å². The quantitative estimate of drug-likeness (QED) is 0.759. The van der Waals surface area contributed by atoms with Gasteiger partial charge in [0.05, 0.1) is 11.4 Å². The molecule has 2 aromatic heterocycles. The SMILES string of the molecule is Cc1ccc(CN2CCc3nc(Nc4ccccc4F)ncc3C2)s1. The number of para-hydroxylation sites is 1. The summed E-state index contributed by atoms with van der Waals surface area (Å²) in [7, 11) is 0. The number of aromatic nitrogens is 2. The lowest BCUT2D eigenvalue weighted by Crippen LogP contribution is -2.30. The lowest BCUT2D eigenvalue weighted by Gasteiger charge is -2.27. The van der Waals surface area contributed by atoms with Gasteiger partial charge in [0.15, 0.2) is 0 Å². The monoisotopic (exact) mass is 354 g/mol. The molecule has 1 N–H and O–H groups in total. The van der Waals surface area contributed by atoms with E-state index < -0.39 is 0 Å². The van der Waals surface area contributed by atoms with Gasteiger partial charge in [-0.25, -0.2) is 14.4 Å². The number of halogens is 1. The van der Waals surface area contributed by atoms with Crippen LogP contribution in [0.2, 0.25) is 0 Å². The summed E-state index contributed by atoms with van der Waals surface area (Å²) in [5.74, 6) is 0.146. The van der Waals surface area contributed by atoms with E-state index in [4.69, 9.17) is 0 Å². The lowest BCUT2D eigenvalue weighted by molar-refractivity contribution is 0.245. The van der Waals surface area contributed by atoms with Crippen molar-refractivity contribution in [1.82, 2.24) is 14.9 Å². The molecule has 0 atom stereocenters. The summed E-state index contributed by atoms with van der Waals surface area (Å²) in [6.07, 6.45) is 2.74. The minimum absolute atomic E-state index is 0.304. The zero-order chi connectivity index (χ0) is 17.2. The molecule has 0 saturated carbocycles. The smallest absolute Gasteiger partial charge is 0.227 e. The van der Waals surface area contributed by atoms with E-state index in [1.165, 1.54) is 15.8 Å². The Balaban J connectivity index is 1.46. The number of hydrogen-bond acceptors (Lipinski definition) is 5. The van der Waals surface area contributed by atoms with E-state index in [9.17, 15) is 4.39 Å². The fraction of sp³-hybridized carbons (Fsp3) is 0.263. The van der Waals surface area contributed by atoms with Gasteiger partial charge in [0.1, 0.15) is 5.82 Å². The zero-order valence-electron chi connectivity index (χ0n) is 14.0. The highest BCUT2D eigenvalue weighted by Crippen LogP contribution is 2.24. The number of rotatable bonds is 4. The van der Waals surface area contributed by atoms with Gasteiger partial charge in [-0.05, 0) is 31.2 Å². The Morgan fingerprint density at radius 2 is 2.12 bits per heavy atom. The average Bonchev–Trinajstić information content (AvgIpc) is 3.02. The molecule has 0 saturated heterocycles. The first-order chi connectivity index (χ1) is 12.2. The van der Waals surface area contributed by atoms with Crippen molar-refractivity contribution in [2.75, 3.05) is 11.9 Å². The van der Waals surface area contributed by atoms with Crippen LogP contribution in [0, 0.1) is 12.7 Å². The van der Waals surface area contributed by atoms with Crippen LogP contribution >= 0.6 is 11.3 Å². The van der Waals surface area contributed by atoms with Crippen molar-refractivity contribution in [3.8, 4) is 0 Å². The van der Waals surface area contributed by atoms with Crippen LogP contribution in [0.4, 0.5) is 16.0 Å². The molecule has 6 heteroatoms. The Morgan fingerprint density at radius 3 is 2.92 bits per heavy atom. The molecule has 0 fully saturated rings. The summed E-state index contributed by atoms with van der Waals surface area (Å²) in [5, 5.41) is 2.97. The van der Waals surface area contributed by atoms with E-state index in [-0.39, 0.29) is 5.82 Å². The maximum Gasteiger partial charge on any atom is 0.227 e. The van der Waals surface area contributed by atoms with Crippen LogP contribution in [0.5, 0.6) is 0 Å². The molecule has 0 bridgehead atoms. The van der Waals surface area contributed by atoms with Gasteiger partial charge in [-0.2, -0.15) is 0 Å². The Morgan fingerprint density at radius 1 is 1.24 bits per heavy atom. The minimum atomic E-state index is -0.304. The molecule has 4 rings (SSSR count). The number of benzene rings is 1. The molecule has 1 aliphatic heterocycles. The molecular weight excluding hydrogens is 335 g/mol. The highest BCUT2D eigenvalue weighted by atomic mass is 32.1. The van der Waals surface area contributed by atoms with E-state index in [2.05, 4.69) is 39.2 Å². The van der Waals surface area contributed by atoms with Gasteiger partial charge in [-0.1, -0.05) is 12.1 Å². The largest absolute Gasteiger partial charge is 0.322 e. The first-order valence-electron chi connectivity index (χ1n) is 8.31. The maximum absolute atomic E-state index is 13.8. The molecular formula is C19H19FN4S. The van der Waals surface area contributed by atoms with Gasteiger partial charge in [-0.15, -0.1) is 11.3 Å². The Hall–Kier alpha value is -2.31. The zero-order valence-corrected chi connectivity index (χ0v) is 14.8. The highest BCUT2D eigenvalue weighted by molar-refractivity contribution is 7.11. The predicted molar refractivity (Wildman–Crippen MR) is 98.6 cm³/mol. The summed E-state index contributed by atoms with van der Waals surface area (Å²) in [6, 6.07) is 10.9. The van der Waals surface area contributed by atoms with Crippen molar-refractivity contribution >= 4 is 23.0 Å². The van der Waals surface area contributed by atoms with Gasteiger partial charge in [-0.3, -0.25) is 4.90 Å². The van der Waals surface area contributed by atoms with Gasteiger partial charge in [0.2, 0.25) is 5.95 Å². The third kappa shape index (κ3) is 3.70. The van der Waals surface area contributed by atoms with Crippen LogP contribution < -0.4 is 5.32 Å². The second-order valence-corrected chi connectivity index (χ2v) is 7.62. The molecule has 128 valence electrons. The fourth-order valence-corrected chi connectivity index (χ4v) is 3.98. The van der Waals surface area contributed by atoms with Crippen molar-refractivity contribution in [3.63, 3.8) is 0 Å². The van der Waals surface area contributed by atoms with Gasteiger partial charge in [0.25, 0.3) is 0 Å². The topological polar surface area (TPSA) is 41.1 Å². The first-order valence-corrected chi connectivity index (χ1v) is 9.13. The Kier molecular flexibility index (Phi) is 4.46. The number of nitrogens with zero attached hydrogens (tertiary/aromatic N) is 3. The molecule has 0 radical (unpaired) electrons. The van der Waals surface area contributed by atoms with Crippen molar-refractivity contribution < 1.29 is 4.39 Å². The number of hydrogen-bond donors (Lipinski definition) is 1. The Bertz CT molecular complexity index is 893. The Labute approximate surface area is 150 Å². The number of fused-ring (bicyclic) bond motifs is 1. The second kappa shape index (κ2) is 6.90. The number of aryl methyl sites for hydroxylation is 1. The van der Waals surface area contributed by atoms with Crippen molar-refractivity contribution in [2.45, 2.75) is 26.4 Å². The summed E-state index contributed by atoms with van der Waals surface area (Å²) in [6.45, 7) is 4.93. The lowest BCUT2D eigenvalue weighted by atomic mass is 10.1. The molecule has 3 aromatic rings. The van der Waals surface area contributed by atoms with Crippen molar-refractivity contribution in [1.29, 1.82) is 0 Å². The van der Waals surface area contributed by atoms with E-state index in [1.54, 1.807) is 18.2 Å². The molecule has 4 nitrogen and oxygen atoms in total. The molecule has 1 aliphatic rings. The van der Waals surface area contributed by atoms with Crippen LogP contribution in [0.1, 0.15) is 21.0 Å². The number of anilines is 2. The summed E-state index contributed by atoms with van der Waals surface area (Å²) in [5.41, 5.74) is 2.60. The van der Waals surface area contributed by atoms with Gasteiger partial charge in [0, 0.05) is 47.6 Å². The van der Waals surface area contributed by atoms with Crippen molar-refractivity contribution in [2.24, 2.45) is 0 Å². The second-order valence-electron chi connectivity index (χ2n) is 6.24. The van der Waals surface area contributed by atoms with Crippen LogP contribution in [0.25, 0.3) is 0 Å². The van der Waals surface area contributed by atoms with Gasteiger partial charge < -0.3 is 5.32 Å². The van der Waals surface area contributed by atoms with E-state index in [0.717, 1.165) is 37.3 Å². The highest BCUT2D eigenvalue weighted by Gasteiger charge is 2.19. The third-order valence-corrected chi connectivity index (χ3v) is 5.29. The van der Waals surface area contributed by atoms with E-state index in [1.807, 2.05) is 17.5 Å². The predicted octanol–water partition coefficient (Wildman–Crippen LogP) is 4.29. The molecule has 0 spiro atoms. The molecule has 25 heavy (non-hydrogen) atoms. The molecule has 3 heterocycles. The molecule has 0 amide bonds. The van der Waals surface area contributed by atoms with Crippen LogP contribution in [-0.4, -0.2) is 21.4 Å². The van der Waals surface area contributed by atoms with Gasteiger partial charge >= 0.3 is 0 Å². The normalized spacial score (nSPS) is 14.3. The standard InChI is InChI=1S/C19H19FN4S/c1-13-6-7-15(25-13)12-24-9-8-17-14(11-24)10-21-19(22-17)23-18-5-3-2-4-16(18)20/h2-7,10H,8-9,11-12H2,1H3,(H,21,22,23). The van der Waals surface area contributed by atoms with Crippen LogP contribution in [0.15, 0.2) is 42.6 Å². The first kappa shape index (κ1) is 16.2. The summed E-state index contributed by atoms with van der Waals surface area (Å²) in [4.78, 5) is 14.1. The van der Waals surface area contributed by atoms with Crippen LogP contribution in [0.3, 0.4) is 0 Å². The number of thiophene rings is 1. The molecule has 0 unspecified atom stereocenters. The van der Waals surface area contributed by atoms with Crippen molar-refractivity contribution in [3.05, 3.63) is 69.4 Å². The minimum Gasteiger partial charge on any atom is -0.322 e. The third-order valence-electron chi connectivity index (χ3n) is 4.31. The summed E-state index contributed by atoms with van der Waals surface area (Å²) >= 11 is 1.85. The fourth-order valence-electron chi connectivity index (χ4n) is 3.04. The van der Waals surface area contributed by atoms with E-state index >= 15 is 0 Å². The maximum atomic E-state index is 13.8. The summed E-state index contributed by atoms with van der Waals surface area (Å²) < 4.78 is 13.8. The molecule has 1 aromatic carbocycles.